The van der Waals surface area contributed by atoms with Crippen molar-refractivity contribution in [3.8, 4) is 23.0 Å². The van der Waals surface area contributed by atoms with Crippen molar-refractivity contribution in [3.05, 3.63) is 154 Å². The van der Waals surface area contributed by atoms with Crippen LogP contribution in [0.15, 0.2) is 132 Å². The third-order valence-corrected chi connectivity index (χ3v) is 6.72. The van der Waals surface area contributed by atoms with Crippen LogP contribution in [0.5, 0.6) is 23.0 Å². The van der Waals surface area contributed by atoms with Gasteiger partial charge < -0.3 is 18.9 Å². The topological polar surface area (TPSA) is 36.9 Å². The minimum atomic E-state index is 0.382. The highest BCUT2D eigenvalue weighted by molar-refractivity contribution is 9.10. The monoisotopic (exact) mass is 580 g/mol. The number of para-hydroxylation sites is 2. The first kappa shape index (κ1) is 26.4. The summed E-state index contributed by atoms with van der Waals surface area (Å²) in [4.78, 5) is 0. The number of hydrogen-bond donors (Lipinski definition) is 0. The molecule has 5 heteroatoms. The molecule has 5 aromatic carbocycles. The molecule has 0 saturated carbocycles. The molecule has 0 aliphatic rings. The van der Waals surface area contributed by atoms with Crippen LogP contribution in [0.1, 0.15) is 22.3 Å². The minimum Gasteiger partial charge on any atom is -0.488 e. The maximum Gasteiger partial charge on any atom is 0.162 e. The van der Waals surface area contributed by atoms with Crippen LogP contribution in [-0.4, -0.2) is 0 Å². The van der Waals surface area contributed by atoms with Gasteiger partial charge in [-0.3, -0.25) is 0 Å². The molecule has 0 N–H and O–H groups in total. The van der Waals surface area contributed by atoms with Crippen LogP contribution in [0.2, 0.25) is 0 Å². The largest absolute Gasteiger partial charge is 0.488 e. The molecule has 0 aliphatic heterocycles. The molecular formula is C34H29BrO4. The predicted molar refractivity (Wildman–Crippen MR) is 157 cm³/mol. The molecule has 0 radical (unpaired) electrons. The van der Waals surface area contributed by atoms with Gasteiger partial charge in [0.2, 0.25) is 0 Å². The van der Waals surface area contributed by atoms with Crippen LogP contribution < -0.4 is 18.9 Å². The Labute approximate surface area is 237 Å². The molecule has 0 heterocycles. The fraction of sp³-hybridized carbons (Fsp3) is 0.118. The first-order chi connectivity index (χ1) is 19.2. The Morgan fingerprint density at radius 1 is 0.385 bits per heavy atom. The van der Waals surface area contributed by atoms with Gasteiger partial charge in [0.15, 0.2) is 11.5 Å². The third kappa shape index (κ3) is 7.65. The summed E-state index contributed by atoms with van der Waals surface area (Å²) in [7, 11) is 0. The molecule has 0 atom stereocenters. The Hall–Kier alpha value is -4.22. The molecule has 196 valence electrons. The van der Waals surface area contributed by atoms with Crippen molar-refractivity contribution in [2.75, 3.05) is 0 Å². The molecular weight excluding hydrogens is 552 g/mol. The molecule has 0 spiro atoms. The summed E-state index contributed by atoms with van der Waals surface area (Å²) in [5.41, 5.74) is 4.13. The van der Waals surface area contributed by atoms with Crippen molar-refractivity contribution in [1.29, 1.82) is 0 Å². The van der Waals surface area contributed by atoms with E-state index in [-0.39, 0.29) is 0 Å². The lowest BCUT2D eigenvalue weighted by atomic mass is 10.2. The quantitative estimate of drug-likeness (QED) is 0.148. The summed E-state index contributed by atoms with van der Waals surface area (Å²) in [6.45, 7) is 1.69. The first-order valence-corrected chi connectivity index (χ1v) is 13.6. The number of hydrogen-bond acceptors (Lipinski definition) is 4. The van der Waals surface area contributed by atoms with E-state index < -0.39 is 0 Å². The molecule has 0 amide bonds. The smallest absolute Gasteiger partial charge is 0.162 e. The number of ether oxygens (including phenoxy) is 4. The van der Waals surface area contributed by atoms with Crippen molar-refractivity contribution in [1.82, 2.24) is 0 Å². The van der Waals surface area contributed by atoms with Crippen LogP contribution in [-0.2, 0) is 26.4 Å². The van der Waals surface area contributed by atoms with E-state index in [4.69, 9.17) is 18.9 Å². The van der Waals surface area contributed by atoms with E-state index in [2.05, 4.69) is 15.9 Å². The summed E-state index contributed by atoms with van der Waals surface area (Å²) in [6, 6.07) is 41.9. The molecule has 4 nitrogen and oxygen atoms in total. The normalized spacial score (nSPS) is 10.6. The predicted octanol–water partition coefficient (Wildman–Crippen LogP) is 8.77. The van der Waals surface area contributed by atoms with Crippen molar-refractivity contribution in [3.63, 3.8) is 0 Å². The molecule has 0 saturated heterocycles. The van der Waals surface area contributed by atoms with Crippen molar-refractivity contribution in [2.24, 2.45) is 0 Å². The molecule has 0 aliphatic carbocycles. The summed E-state index contributed by atoms with van der Waals surface area (Å²) in [6.07, 6.45) is 0. The molecule has 0 fully saturated rings. The van der Waals surface area contributed by atoms with Crippen molar-refractivity contribution >= 4 is 15.9 Å². The Kier molecular flexibility index (Phi) is 9.16. The lowest BCUT2D eigenvalue weighted by Gasteiger charge is -2.16. The van der Waals surface area contributed by atoms with E-state index in [1.165, 1.54) is 0 Å². The zero-order valence-corrected chi connectivity index (χ0v) is 23.0. The second-order valence-electron chi connectivity index (χ2n) is 8.95. The second-order valence-corrected chi connectivity index (χ2v) is 9.80. The van der Waals surface area contributed by atoms with Crippen LogP contribution in [0.3, 0.4) is 0 Å². The molecule has 0 aromatic heterocycles. The highest BCUT2D eigenvalue weighted by Gasteiger charge is 2.11. The standard InChI is InChI=1S/C34H29BrO4/c35-30-16-8-10-18-32(30)39-25-29-15-7-9-17-31(29)36-24-28-19-20-33(37-22-26-11-3-1-4-12-26)34(21-28)38-23-27-13-5-2-6-14-27/h1-21H,22-25H2. The minimum absolute atomic E-state index is 0.382. The highest BCUT2D eigenvalue weighted by Crippen LogP contribution is 2.31. The third-order valence-electron chi connectivity index (χ3n) is 6.07. The van der Waals surface area contributed by atoms with Crippen LogP contribution >= 0.6 is 15.9 Å². The van der Waals surface area contributed by atoms with Gasteiger partial charge in [-0.1, -0.05) is 97.1 Å². The van der Waals surface area contributed by atoms with Gasteiger partial charge in [0.05, 0.1) is 4.47 Å². The first-order valence-electron chi connectivity index (χ1n) is 12.8. The van der Waals surface area contributed by atoms with Gasteiger partial charge in [-0.15, -0.1) is 0 Å². The fourth-order valence-electron chi connectivity index (χ4n) is 3.99. The van der Waals surface area contributed by atoms with Crippen LogP contribution in [0, 0.1) is 0 Å². The summed E-state index contributed by atoms with van der Waals surface area (Å²) in [5.74, 6) is 2.95. The Balaban J connectivity index is 1.28. The van der Waals surface area contributed by atoms with E-state index in [9.17, 15) is 0 Å². The number of halogens is 1. The lowest BCUT2D eigenvalue weighted by molar-refractivity contribution is 0.253. The Morgan fingerprint density at radius 3 is 1.59 bits per heavy atom. The van der Waals surface area contributed by atoms with Gasteiger partial charge in [0, 0.05) is 5.56 Å². The number of benzene rings is 5. The molecule has 5 rings (SSSR count). The zero-order valence-electron chi connectivity index (χ0n) is 21.5. The zero-order chi connectivity index (χ0) is 26.7. The van der Waals surface area contributed by atoms with E-state index in [0.29, 0.717) is 37.9 Å². The molecule has 39 heavy (non-hydrogen) atoms. The summed E-state index contributed by atoms with van der Waals surface area (Å²) in [5, 5.41) is 0. The summed E-state index contributed by atoms with van der Waals surface area (Å²) < 4.78 is 25.6. The van der Waals surface area contributed by atoms with Gasteiger partial charge in [-0.25, -0.2) is 0 Å². The lowest BCUT2D eigenvalue weighted by Crippen LogP contribution is -2.04. The van der Waals surface area contributed by atoms with E-state index in [1.807, 2.05) is 127 Å². The maximum atomic E-state index is 6.24. The van der Waals surface area contributed by atoms with Gasteiger partial charge in [-0.05, 0) is 63.0 Å². The van der Waals surface area contributed by atoms with E-state index in [1.54, 1.807) is 0 Å². The maximum absolute atomic E-state index is 6.24. The fourth-order valence-corrected chi connectivity index (χ4v) is 4.39. The second kappa shape index (κ2) is 13.5. The van der Waals surface area contributed by atoms with Crippen LogP contribution in [0.25, 0.3) is 0 Å². The van der Waals surface area contributed by atoms with Gasteiger partial charge in [-0.2, -0.15) is 0 Å². The van der Waals surface area contributed by atoms with Crippen molar-refractivity contribution in [2.45, 2.75) is 26.4 Å². The van der Waals surface area contributed by atoms with E-state index in [0.717, 1.165) is 38.2 Å². The van der Waals surface area contributed by atoms with Crippen molar-refractivity contribution < 1.29 is 18.9 Å². The van der Waals surface area contributed by atoms with Crippen LogP contribution in [0.4, 0.5) is 0 Å². The van der Waals surface area contributed by atoms with E-state index >= 15 is 0 Å². The molecule has 0 bridgehead atoms. The molecule has 5 aromatic rings. The van der Waals surface area contributed by atoms with Gasteiger partial charge in [0.25, 0.3) is 0 Å². The average Bonchev–Trinajstić information content (AvgIpc) is 2.99. The van der Waals surface area contributed by atoms with Gasteiger partial charge >= 0.3 is 0 Å². The Bertz CT molecular complexity index is 1470. The van der Waals surface area contributed by atoms with Gasteiger partial charge in [0.1, 0.15) is 37.9 Å². The number of rotatable bonds is 12. The Morgan fingerprint density at radius 2 is 0.897 bits per heavy atom. The SMILES string of the molecule is Brc1ccccc1OCc1ccccc1OCc1ccc(OCc2ccccc2)c(OCc2ccccc2)c1. The summed E-state index contributed by atoms with van der Waals surface area (Å²) >= 11 is 3.54. The highest BCUT2D eigenvalue weighted by atomic mass is 79.9. The average molecular weight is 582 g/mol. The molecule has 0 unspecified atom stereocenters.